The van der Waals surface area contributed by atoms with Crippen molar-refractivity contribution in [3.8, 4) is 5.75 Å². The monoisotopic (exact) mass is 449 g/mol. The van der Waals surface area contributed by atoms with Crippen LogP contribution in [0.5, 0.6) is 5.75 Å². The minimum atomic E-state index is -0.579. The van der Waals surface area contributed by atoms with Gasteiger partial charge in [-0.15, -0.1) is 0 Å². The van der Waals surface area contributed by atoms with Crippen LogP contribution in [-0.2, 0) is 11.3 Å². The fourth-order valence-corrected chi connectivity index (χ4v) is 3.87. The van der Waals surface area contributed by atoms with Gasteiger partial charge in [0.25, 0.3) is 5.91 Å². The number of nitro groups is 1. The van der Waals surface area contributed by atoms with Crippen molar-refractivity contribution in [2.24, 2.45) is 0 Å². The SMILES string of the molecule is Cc1cc(OCC(=O)N2C[C@H](C)N(Cc3ccc(F)cc3)C[C@H]2C)c([N+](=O)[O-])cc1Cl. The van der Waals surface area contributed by atoms with E-state index in [-0.39, 0.29) is 46.9 Å². The van der Waals surface area contributed by atoms with Crippen LogP contribution >= 0.6 is 11.6 Å². The maximum Gasteiger partial charge on any atom is 0.312 e. The van der Waals surface area contributed by atoms with Gasteiger partial charge < -0.3 is 9.64 Å². The van der Waals surface area contributed by atoms with Gasteiger partial charge in [-0.2, -0.15) is 0 Å². The zero-order valence-electron chi connectivity index (χ0n) is 17.7. The van der Waals surface area contributed by atoms with Crippen LogP contribution in [0, 0.1) is 22.9 Å². The van der Waals surface area contributed by atoms with E-state index in [1.807, 2.05) is 13.8 Å². The Morgan fingerprint density at radius 1 is 1.23 bits per heavy atom. The third-order valence-electron chi connectivity index (χ3n) is 5.52. The van der Waals surface area contributed by atoms with Crippen LogP contribution < -0.4 is 4.74 Å². The van der Waals surface area contributed by atoms with Crippen LogP contribution in [0.1, 0.15) is 25.0 Å². The molecule has 0 spiro atoms. The van der Waals surface area contributed by atoms with Crippen molar-refractivity contribution in [3.05, 3.63) is 68.5 Å². The summed E-state index contributed by atoms with van der Waals surface area (Å²) in [6, 6.07) is 9.15. The number of aryl methyl sites for hydroxylation is 1. The molecule has 0 saturated carbocycles. The molecule has 166 valence electrons. The Morgan fingerprint density at radius 3 is 2.55 bits per heavy atom. The summed E-state index contributed by atoms with van der Waals surface area (Å²) < 4.78 is 18.7. The van der Waals surface area contributed by atoms with Crippen LogP contribution in [0.15, 0.2) is 36.4 Å². The summed E-state index contributed by atoms with van der Waals surface area (Å²) in [4.78, 5) is 27.5. The van der Waals surface area contributed by atoms with Crippen molar-refractivity contribution < 1.29 is 18.8 Å². The highest BCUT2D eigenvalue weighted by Crippen LogP contribution is 2.33. The van der Waals surface area contributed by atoms with Crippen LogP contribution in [-0.4, -0.2) is 52.4 Å². The molecule has 0 bridgehead atoms. The molecule has 1 saturated heterocycles. The third kappa shape index (κ3) is 5.51. The molecule has 1 amide bonds. The first-order chi connectivity index (χ1) is 14.7. The van der Waals surface area contributed by atoms with E-state index >= 15 is 0 Å². The van der Waals surface area contributed by atoms with Crippen molar-refractivity contribution >= 4 is 23.2 Å². The van der Waals surface area contributed by atoms with Gasteiger partial charge in [-0.05, 0) is 50.1 Å². The van der Waals surface area contributed by atoms with Crippen molar-refractivity contribution in [3.63, 3.8) is 0 Å². The number of amides is 1. The van der Waals surface area contributed by atoms with Gasteiger partial charge in [0.05, 0.1) is 9.95 Å². The first-order valence-electron chi connectivity index (χ1n) is 10.0. The molecule has 31 heavy (non-hydrogen) atoms. The number of carbonyl (C=O) groups is 1. The number of ether oxygens (including phenoxy) is 1. The Morgan fingerprint density at radius 2 is 1.90 bits per heavy atom. The van der Waals surface area contributed by atoms with Crippen molar-refractivity contribution in [1.29, 1.82) is 0 Å². The lowest BCUT2D eigenvalue weighted by atomic mass is 10.1. The zero-order chi connectivity index (χ0) is 22.7. The fraction of sp³-hybridized carbons (Fsp3) is 0.409. The minimum Gasteiger partial charge on any atom is -0.477 e. The first kappa shape index (κ1) is 23.0. The molecule has 2 aromatic carbocycles. The standard InChI is InChI=1S/C22H25ClFN3O4/c1-14-8-21(20(27(29)30)9-19(14)23)31-13-22(28)26-11-15(2)25(10-16(26)3)12-17-4-6-18(24)7-5-17/h4-9,15-16H,10-13H2,1-3H3/t15-,16+/m0/s1. The van der Waals surface area contributed by atoms with Gasteiger partial charge in [0.2, 0.25) is 0 Å². The molecular weight excluding hydrogens is 425 g/mol. The number of carbonyl (C=O) groups excluding carboxylic acids is 1. The largest absolute Gasteiger partial charge is 0.477 e. The number of rotatable bonds is 6. The Hall–Kier alpha value is -2.71. The number of hydrogen-bond acceptors (Lipinski definition) is 5. The lowest BCUT2D eigenvalue weighted by molar-refractivity contribution is -0.385. The molecule has 1 aliphatic rings. The number of piperazine rings is 1. The molecule has 0 N–H and O–H groups in total. The van der Waals surface area contributed by atoms with Gasteiger partial charge in [-0.1, -0.05) is 23.7 Å². The molecule has 2 atom stereocenters. The van der Waals surface area contributed by atoms with Crippen LogP contribution in [0.3, 0.4) is 0 Å². The molecule has 0 aromatic heterocycles. The fourth-order valence-electron chi connectivity index (χ4n) is 3.72. The van der Waals surface area contributed by atoms with E-state index < -0.39 is 4.92 Å². The molecule has 3 rings (SSSR count). The number of nitro benzene ring substituents is 1. The molecule has 0 aliphatic carbocycles. The normalized spacial score (nSPS) is 19.3. The van der Waals surface area contributed by atoms with Gasteiger partial charge in [-0.3, -0.25) is 19.8 Å². The first-order valence-corrected chi connectivity index (χ1v) is 10.4. The highest BCUT2D eigenvalue weighted by atomic mass is 35.5. The lowest BCUT2D eigenvalue weighted by Gasteiger charge is -2.44. The third-order valence-corrected chi connectivity index (χ3v) is 5.93. The molecular formula is C22H25ClFN3O4. The highest BCUT2D eigenvalue weighted by Gasteiger charge is 2.32. The Balaban J connectivity index is 1.62. The maximum absolute atomic E-state index is 13.1. The second kappa shape index (κ2) is 9.62. The Bertz CT molecular complexity index is 970. The summed E-state index contributed by atoms with van der Waals surface area (Å²) in [7, 11) is 0. The molecule has 2 aromatic rings. The van der Waals surface area contributed by atoms with Gasteiger partial charge in [0, 0.05) is 37.8 Å². The quantitative estimate of drug-likeness (QED) is 0.488. The average molecular weight is 450 g/mol. The molecule has 1 aliphatic heterocycles. The Labute approximate surface area is 185 Å². The highest BCUT2D eigenvalue weighted by molar-refractivity contribution is 6.31. The maximum atomic E-state index is 13.1. The van der Waals surface area contributed by atoms with Crippen molar-refractivity contribution in [2.75, 3.05) is 19.7 Å². The van der Waals surface area contributed by atoms with Crippen LogP contribution in [0.4, 0.5) is 10.1 Å². The summed E-state index contributed by atoms with van der Waals surface area (Å²) in [6.07, 6.45) is 0. The summed E-state index contributed by atoms with van der Waals surface area (Å²) >= 11 is 5.97. The van der Waals surface area contributed by atoms with Gasteiger partial charge in [0.15, 0.2) is 12.4 Å². The lowest BCUT2D eigenvalue weighted by Crippen LogP contribution is -2.58. The predicted molar refractivity (Wildman–Crippen MR) is 116 cm³/mol. The van der Waals surface area contributed by atoms with E-state index in [9.17, 15) is 19.3 Å². The average Bonchev–Trinajstić information content (AvgIpc) is 2.72. The predicted octanol–water partition coefficient (Wildman–Crippen LogP) is 4.20. The number of halogens is 2. The van der Waals surface area contributed by atoms with E-state index in [0.29, 0.717) is 25.2 Å². The molecule has 1 fully saturated rings. The molecule has 1 heterocycles. The smallest absolute Gasteiger partial charge is 0.312 e. The van der Waals surface area contributed by atoms with Crippen molar-refractivity contribution in [1.82, 2.24) is 9.80 Å². The van der Waals surface area contributed by atoms with Crippen molar-refractivity contribution in [2.45, 2.75) is 39.4 Å². The van der Waals surface area contributed by atoms with Gasteiger partial charge >= 0.3 is 5.69 Å². The topological polar surface area (TPSA) is 75.9 Å². The second-order valence-corrected chi connectivity index (χ2v) is 8.32. The summed E-state index contributed by atoms with van der Waals surface area (Å²) in [6.45, 7) is 7.24. The summed E-state index contributed by atoms with van der Waals surface area (Å²) in [5, 5.41) is 11.5. The number of nitrogens with zero attached hydrogens (tertiary/aromatic N) is 3. The van der Waals surface area contributed by atoms with Gasteiger partial charge in [-0.25, -0.2) is 4.39 Å². The Kier molecular flexibility index (Phi) is 7.12. The van der Waals surface area contributed by atoms with E-state index in [0.717, 1.165) is 5.56 Å². The summed E-state index contributed by atoms with van der Waals surface area (Å²) in [5.41, 5.74) is 1.37. The van der Waals surface area contributed by atoms with E-state index in [1.165, 1.54) is 24.3 Å². The van der Waals surface area contributed by atoms with Gasteiger partial charge in [0.1, 0.15) is 5.82 Å². The van der Waals surface area contributed by atoms with E-state index in [1.54, 1.807) is 24.0 Å². The molecule has 0 radical (unpaired) electrons. The minimum absolute atomic E-state index is 0.0240. The van der Waals surface area contributed by atoms with E-state index in [4.69, 9.17) is 16.3 Å². The summed E-state index contributed by atoms with van der Waals surface area (Å²) in [5.74, 6) is -0.477. The molecule has 9 heteroatoms. The van der Waals surface area contributed by atoms with Crippen LogP contribution in [0.25, 0.3) is 0 Å². The zero-order valence-corrected chi connectivity index (χ0v) is 18.4. The molecule has 0 unspecified atom stereocenters. The molecule has 7 nitrogen and oxygen atoms in total. The van der Waals surface area contributed by atoms with Crippen LogP contribution in [0.2, 0.25) is 5.02 Å². The number of benzene rings is 2. The number of hydrogen-bond donors (Lipinski definition) is 0. The second-order valence-electron chi connectivity index (χ2n) is 7.91. The van der Waals surface area contributed by atoms with E-state index in [2.05, 4.69) is 4.90 Å².